The summed E-state index contributed by atoms with van der Waals surface area (Å²) >= 11 is 0. The number of hydrogen-bond acceptors (Lipinski definition) is 22. The van der Waals surface area contributed by atoms with E-state index in [4.69, 9.17) is 21.0 Å². The second-order valence-corrected chi connectivity index (χ2v) is 41.5. The number of carbonyl (C=O) groups is 5. The van der Waals surface area contributed by atoms with Crippen molar-refractivity contribution in [3.05, 3.63) is 210 Å². The lowest BCUT2D eigenvalue weighted by Gasteiger charge is -2.52. The van der Waals surface area contributed by atoms with E-state index in [-0.39, 0.29) is 85.8 Å². The predicted molar refractivity (Wildman–Crippen MR) is 515 cm³/mol. The number of β-amino-alcohol motifs (C(OH)–C–C–N with tert-alkyl or cyclic N) is 2. The number of amides is 9. The van der Waals surface area contributed by atoms with Crippen molar-refractivity contribution in [2.45, 2.75) is 235 Å². The monoisotopic (exact) mass is 1830 g/mol. The molecule has 12 aliphatic rings. The van der Waals surface area contributed by atoms with E-state index >= 15 is 0 Å². The Bertz CT molecular complexity index is 5550. The van der Waals surface area contributed by atoms with Gasteiger partial charge in [-0.15, -0.1) is 0 Å². The average Bonchev–Trinajstić information content (AvgIpc) is 1.63. The zero-order valence-electron chi connectivity index (χ0n) is 80.0. The Morgan fingerprint density at radius 3 is 0.933 bits per heavy atom. The number of nitrogens with zero attached hydrogens (tertiary/aromatic N) is 22. The number of aromatic nitrogens is 8. The number of rotatable bonds is 22. The highest BCUT2D eigenvalue weighted by molar-refractivity contribution is 5.97. The number of benzene rings is 4. The zero-order chi connectivity index (χ0) is 94.9. The third-order valence-corrected chi connectivity index (χ3v) is 33.8. The average molecular weight is 1830 g/mol. The molecule has 712 valence electrons. The molecule has 31 nitrogen and oxygen atoms in total. The van der Waals surface area contributed by atoms with E-state index in [9.17, 15) is 34.2 Å². The highest BCUT2D eigenvalue weighted by atomic mass is 16.5. The van der Waals surface area contributed by atoms with Gasteiger partial charge in [0.2, 0.25) is 17.7 Å². The number of primary amides is 1. The van der Waals surface area contributed by atoms with Crippen LogP contribution in [0.2, 0.25) is 0 Å². The van der Waals surface area contributed by atoms with Crippen LogP contribution >= 0.6 is 0 Å². The summed E-state index contributed by atoms with van der Waals surface area (Å²) in [6, 6.07) is 47.0. The van der Waals surface area contributed by atoms with Gasteiger partial charge in [-0.05, 0) is 257 Å². The van der Waals surface area contributed by atoms with Crippen molar-refractivity contribution in [2.75, 3.05) is 135 Å². The Kier molecular flexibility index (Phi) is 27.1. The lowest BCUT2D eigenvalue weighted by molar-refractivity contribution is -0.0726. The largest absolute Gasteiger partial charge is 0.467 e. The maximum Gasteiger partial charge on any atom is 0.327 e. The molecule has 0 unspecified atom stereocenters. The van der Waals surface area contributed by atoms with Crippen LogP contribution in [0.5, 0.6) is 6.01 Å². The van der Waals surface area contributed by atoms with E-state index in [2.05, 4.69) is 247 Å². The summed E-state index contributed by atoms with van der Waals surface area (Å²) in [4.78, 5) is 125. The standard InChI is InChI=1S/C26H34N6O2.C26H32N6O2.C26H32N6O.C26H35N5O3/c1-30(2)26(21-9-4-3-5-10-21)13-11-25(12-14-26)18-31(23-28-15-20(16-29-23)22(27)33)24(34)32(25)17-19-7-6-8-19;1-30(2)26(20-7-4-3-5-8-20)13-11-24(12-14-26)18-31(21-16-28-22(15-27)29-17-21)23(33)32(24)19-25(34)9-6-10-25;1-30(2)26(22-9-4-3-5-10-22)13-11-25(12-14-26)19-31(23-28-16-21(15-27)17-29-23)24(33)32(25)18-20-7-6-8-20;1-29(2)26(20-8-5-4-6-9-20)14-12-24(13-15-26)18-30(21-16-27-22(34-3)28-17-21)23(32)31(24)19-25(33)10-7-11-25/h3-5,9-10,15-16,19H,6-8,11-14,17-18H2,1-2H3,(H2,27,33);3-5,7-8,16-17,34H,6,9-14,18-19H2,1-2H3;3-5,9-10,16-17,20H,6-8,11-14,18-19H2,1-2H3;4-6,8-9,16-17,33H,7,10-15,18-19H2,1-3H3. The second-order valence-electron chi connectivity index (χ2n) is 41.5. The second kappa shape index (κ2) is 38.5. The minimum atomic E-state index is -0.796. The molecule has 8 aromatic rings. The van der Waals surface area contributed by atoms with Crippen LogP contribution in [0.15, 0.2) is 171 Å². The van der Waals surface area contributed by atoms with Gasteiger partial charge in [-0.2, -0.15) is 10.5 Å². The van der Waals surface area contributed by atoms with Gasteiger partial charge in [0.05, 0.1) is 139 Å². The van der Waals surface area contributed by atoms with E-state index < -0.39 is 17.1 Å². The summed E-state index contributed by atoms with van der Waals surface area (Å²) in [6.07, 6.45) is 39.4. The molecule has 0 bridgehead atoms. The third kappa shape index (κ3) is 18.1. The topological polar surface area (TPSA) is 351 Å². The number of aliphatic hydroxyl groups is 2. The van der Waals surface area contributed by atoms with E-state index in [1.807, 2.05) is 21.9 Å². The molecule has 4 spiro atoms. The summed E-state index contributed by atoms with van der Waals surface area (Å²) in [6.45, 7) is 4.68. The molecule has 8 saturated carbocycles. The van der Waals surface area contributed by atoms with Gasteiger partial charge in [0, 0.05) is 47.6 Å². The van der Waals surface area contributed by atoms with E-state index in [0.717, 1.165) is 154 Å². The number of anilines is 4. The van der Waals surface area contributed by atoms with Crippen molar-refractivity contribution in [1.82, 2.24) is 79.1 Å². The van der Waals surface area contributed by atoms with Crippen LogP contribution in [0.1, 0.15) is 224 Å². The first kappa shape index (κ1) is 95.0. The summed E-state index contributed by atoms with van der Waals surface area (Å²) < 4.78 is 5.09. The number of nitrogens with two attached hydrogens (primary N) is 1. The first-order valence-electron chi connectivity index (χ1n) is 48.6. The maximum atomic E-state index is 13.8. The molecule has 0 atom stereocenters. The highest BCUT2D eigenvalue weighted by Crippen LogP contribution is 2.56. The summed E-state index contributed by atoms with van der Waals surface area (Å²) in [7, 11) is 18.8. The van der Waals surface area contributed by atoms with Crippen LogP contribution in [-0.4, -0.2) is 269 Å². The molecule has 12 fully saturated rings. The fraction of sp³-hybridized carbons (Fsp3) is 0.548. The molecule has 9 amide bonds. The Labute approximate surface area is 794 Å². The Hall–Kier alpha value is -11.7. The zero-order valence-corrected chi connectivity index (χ0v) is 80.0. The number of methoxy groups -OCH3 is 1. The molecule has 4 aliphatic heterocycles. The van der Waals surface area contributed by atoms with Crippen molar-refractivity contribution < 1.29 is 38.9 Å². The number of ether oxygens (including phenoxy) is 1. The molecular weight excluding hydrogens is 1700 g/mol. The predicted octanol–water partition coefficient (Wildman–Crippen LogP) is 14.2. The normalized spacial score (nSPS) is 28.0. The first-order valence-corrected chi connectivity index (χ1v) is 48.6. The van der Waals surface area contributed by atoms with Crippen LogP contribution in [0.3, 0.4) is 0 Å². The van der Waals surface area contributed by atoms with E-state index in [0.29, 0.717) is 79.9 Å². The highest BCUT2D eigenvalue weighted by Gasteiger charge is 2.62. The fourth-order valence-electron chi connectivity index (χ4n) is 24.2. The first-order chi connectivity index (χ1) is 64.9. The number of urea groups is 4. The van der Waals surface area contributed by atoms with Crippen molar-refractivity contribution in [1.29, 1.82) is 10.5 Å². The Balaban J connectivity index is 0.000000125. The molecule has 4 saturated heterocycles. The van der Waals surface area contributed by atoms with Crippen LogP contribution in [0.25, 0.3) is 0 Å². The van der Waals surface area contributed by atoms with Crippen molar-refractivity contribution in [3.8, 4) is 18.1 Å². The molecule has 4 aromatic heterocycles. The quantitative estimate of drug-likeness (QED) is 0.0567. The van der Waals surface area contributed by atoms with Gasteiger partial charge in [0.1, 0.15) is 12.1 Å². The molecule has 0 radical (unpaired) electrons. The molecule has 31 heteroatoms. The Morgan fingerprint density at radius 1 is 0.385 bits per heavy atom. The van der Waals surface area contributed by atoms with Crippen LogP contribution in [-0.2, 0) is 22.2 Å². The fourth-order valence-corrected chi connectivity index (χ4v) is 24.2. The molecule has 135 heavy (non-hydrogen) atoms. The van der Waals surface area contributed by atoms with Gasteiger partial charge < -0.3 is 40.3 Å². The number of carbonyl (C=O) groups excluding carboxylic acids is 5. The van der Waals surface area contributed by atoms with Gasteiger partial charge >= 0.3 is 30.1 Å². The lowest BCUT2D eigenvalue weighted by Crippen LogP contribution is -2.59. The molecule has 4 N–H and O–H groups in total. The van der Waals surface area contributed by atoms with Crippen LogP contribution in [0, 0.1) is 34.5 Å². The summed E-state index contributed by atoms with van der Waals surface area (Å²) in [5.41, 5.74) is 9.70. The van der Waals surface area contributed by atoms with Crippen molar-refractivity contribution in [2.24, 2.45) is 17.6 Å². The third-order valence-electron chi connectivity index (χ3n) is 33.8. The minimum absolute atomic E-state index is 0.0173. The Morgan fingerprint density at radius 2 is 0.674 bits per heavy atom. The summed E-state index contributed by atoms with van der Waals surface area (Å²) in [5, 5.41) is 40.2. The molecule has 8 heterocycles. The van der Waals surface area contributed by atoms with E-state index in [1.165, 1.54) is 92.7 Å². The van der Waals surface area contributed by atoms with Crippen LogP contribution in [0.4, 0.5) is 42.4 Å². The van der Waals surface area contributed by atoms with Gasteiger partial charge in [0.25, 0.3) is 5.91 Å². The lowest BCUT2D eigenvalue weighted by atomic mass is 9.67. The molecule has 20 rings (SSSR count). The van der Waals surface area contributed by atoms with Crippen molar-refractivity contribution in [3.63, 3.8) is 0 Å². The van der Waals surface area contributed by atoms with Gasteiger partial charge in [-0.25, -0.2) is 59.0 Å². The maximum absolute atomic E-state index is 13.8. The molecular formula is C104H133N23O8. The van der Waals surface area contributed by atoms with Gasteiger partial charge in [0.15, 0.2) is 0 Å². The van der Waals surface area contributed by atoms with Gasteiger partial charge in [-0.3, -0.25) is 44.0 Å². The van der Waals surface area contributed by atoms with E-state index in [1.54, 1.807) is 44.4 Å². The molecule has 8 aliphatic carbocycles. The van der Waals surface area contributed by atoms with Crippen molar-refractivity contribution >= 4 is 53.3 Å². The smallest absolute Gasteiger partial charge is 0.327 e. The summed E-state index contributed by atoms with van der Waals surface area (Å²) in [5.74, 6) is 1.44. The van der Waals surface area contributed by atoms with Gasteiger partial charge in [-0.1, -0.05) is 134 Å². The molecule has 4 aromatic carbocycles. The minimum Gasteiger partial charge on any atom is -0.467 e. The number of hydrogen-bond donors (Lipinski definition) is 3. The SMILES string of the molecule is CN(C)C1(c2ccccc2)CCC2(CC1)CN(c1cnc(C#N)nc1)C(=O)N2CC1(O)CCC1.CN(C)C1(c2ccccc2)CCC2(CC1)CN(c1ncc(C#N)cn1)C(=O)N2CC1CCC1.CN(C)C1(c2ccccc2)CCC2(CC1)CN(c1ncc(C(N)=O)cn1)C(=O)N2CC1CCC1.COc1ncc(N2CC3(CCC(c4ccccc4)(N(C)C)CC3)N(CC3(O)CCC3)C2=O)cn1. The van der Waals surface area contributed by atoms with Crippen LogP contribution < -0.4 is 30.1 Å². The number of nitriles is 2.